The first kappa shape index (κ1) is 17.5. The third kappa shape index (κ3) is 5.06. The number of nitrogens with zero attached hydrogens (tertiary/aromatic N) is 1. The number of hydrogen-bond acceptors (Lipinski definition) is 3. The highest BCUT2D eigenvalue weighted by Crippen LogP contribution is 2.22. The number of ether oxygens (including phenoxy) is 1. The summed E-state index contributed by atoms with van der Waals surface area (Å²) < 4.78 is 5.34. The molecule has 5 heteroatoms. The molecule has 0 aliphatic heterocycles. The van der Waals surface area contributed by atoms with Crippen LogP contribution in [0.1, 0.15) is 71.7 Å². The molecule has 0 radical (unpaired) electrons. The molecule has 1 aromatic heterocycles. The summed E-state index contributed by atoms with van der Waals surface area (Å²) in [5, 5.41) is 2.92. The summed E-state index contributed by atoms with van der Waals surface area (Å²) in [6.07, 6.45) is 1.39. The minimum Gasteiger partial charge on any atom is -0.444 e. The Labute approximate surface area is 127 Å². The highest BCUT2D eigenvalue weighted by Gasteiger charge is 2.25. The van der Waals surface area contributed by atoms with Gasteiger partial charge in [-0.2, -0.15) is 0 Å². The zero-order valence-corrected chi connectivity index (χ0v) is 14.3. The Hall–Kier alpha value is -1.52. The molecule has 1 unspecified atom stereocenters. The van der Waals surface area contributed by atoms with Gasteiger partial charge < -0.3 is 15.0 Å². The second-order valence-corrected chi connectivity index (χ2v) is 6.62. The van der Waals surface area contributed by atoms with E-state index in [-0.39, 0.29) is 12.0 Å². The number of amides is 1. The van der Waals surface area contributed by atoms with Gasteiger partial charge in [0.1, 0.15) is 11.4 Å². The van der Waals surface area contributed by atoms with E-state index in [1.807, 2.05) is 20.8 Å². The van der Waals surface area contributed by atoms with Gasteiger partial charge in [-0.15, -0.1) is 0 Å². The van der Waals surface area contributed by atoms with Crippen molar-refractivity contribution in [3.8, 4) is 0 Å². The molecule has 0 aliphatic rings. The van der Waals surface area contributed by atoms with Crippen LogP contribution in [0.15, 0.2) is 0 Å². The number of aromatic nitrogens is 2. The number of alkyl carbamates (subject to hydrolysis) is 1. The summed E-state index contributed by atoms with van der Waals surface area (Å²) in [4.78, 5) is 20.0. The van der Waals surface area contributed by atoms with Crippen molar-refractivity contribution in [1.29, 1.82) is 0 Å². The molecule has 1 atom stereocenters. The summed E-state index contributed by atoms with van der Waals surface area (Å²) in [5.41, 5.74) is 1.71. The van der Waals surface area contributed by atoms with Crippen LogP contribution >= 0.6 is 0 Å². The van der Waals surface area contributed by atoms with Crippen molar-refractivity contribution in [3.05, 3.63) is 17.2 Å². The van der Waals surface area contributed by atoms with Gasteiger partial charge >= 0.3 is 6.09 Å². The molecule has 0 aliphatic carbocycles. The summed E-state index contributed by atoms with van der Waals surface area (Å²) >= 11 is 0. The fourth-order valence-corrected chi connectivity index (χ4v) is 2.19. The lowest BCUT2D eigenvalue weighted by atomic mass is 10.0. The van der Waals surface area contributed by atoms with E-state index in [1.54, 1.807) is 0 Å². The Kier molecular flexibility index (Phi) is 5.81. The monoisotopic (exact) mass is 295 g/mol. The van der Waals surface area contributed by atoms with Crippen molar-refractivity contribution >= 4 is 6.09 Å². The fourth-order valence-electron chi connectivity index (χ4n) is 2.19. The van der Waals surface area contributed by atoms with Crippen LogP contribution in [0.4, 0.5) is 4.79 Å². The number of carbonyl (C=O) groups excluding carboxylic acids is 1. The van der Waals surface area contributed by atoms with E-state index in [9.17, 15) is 4.79 Å². The molecule has 1 rings (SSSR count). The fraction of sp³-hybridized carbons (Fsp3) is 0.750. The van der Waals surface area contributed by atoms with Crippen LogP contribution in [0, 0.1) is 5.92 Å². The van der Waals surface area contributed by atoms with Crippen LogP contribution in [0.5, 0.6) is 0 Å². The van der Waals surface area contributed by atoms with Crippen molar-refractivity contribution in [2.75, 3.05) is 0 Å². The molecule has 0 saturated carbocycles. The van der Waals surface area contributed by atoms with E-state index >= 15 is 0 Å². The zero-order valence-electron chi connectivity index (χ0n) is 14.3. The Morgan fingerprint density at radius 2 is 1.90 bits per heavy atom. The first-order valence-electron chi connectivity index (χ1n) is 7.75. The minimum atomic E-state index is -0.502. The third-order valence-electron chi connectivity index (χ3n) is 3.20. The lowest BCUT2D eigenvalue weighted by Crippen LogP contribution is -2.37. The second-order valence-electron chi connectivity index (χ2n) is 6.62. The van der Waals surface area contributed by atoms with Gasteiger partial charge in [0.25, 0.3) is 0 Å². The topological polar surface area (TPSA) is 67.0 Å². The lowest BCUT2D eigenvalue weighted by Gasteiger charge is -2.24. The maximum Gasteiger partial charge on any atom is 0.408 e. The second kappa shape index (κ2) is 6.96. The molecular formula is C16H29N3O2. The van der Waals surface area contributed by atoms with E-state index in [2.05, 4.69) is 43.0 Å². The Morgan fingerprint density at radius 3 is 2.29 bits per heavy atom. The standard InChI is InChI=1S/C16H29N3O2/c1-8-11-12(9-2)18-14(17-11)13(10(3)4)19-15(20)21-16(5,6)7/h10,13H,8-9H2,1-7H3,(H,17,18)(H,19,20). The van der Waals surface area contributed by atoms with Crippen molar-refractivity contribution in [3.63, 3.8) is 0 Å². The molecule has 1 amide bonds. The molecule has 5 nitrogen and oxygen atoms in total. The predicted octanol–water partition coefficient (Wildman–Crippen LogP) is 3.76. The van der Waals surface area contributed by atoms with Gasteiger partial charge in [0.15, 0.2) is 0 Å². The molecule has 21 heavy (non-hydrogen) atoms. The smallest absolute Gasteiger partial charge is 0.408 e. The predicted molar refractivity (Wildman–Crippen MR) is 84.3 cm³/mol. The summed E-state index contributed by atoms with van der Waals surface area (Å²) in [6.45, 7) is 13.9. The average molecular weight is 295 g/mol. The molecule has 0 spiro atoms. The summed E-state index contributed by atoms with van der Waals surface area (Å²) in [7, 11) is 0. The van der Waals surface area contributed by atoms with Gasteiger partial charge in [-0.3, -0.25) is 0 Å². The van der Waals surface area contributed by atoms with Crippen LogP contribution in [0.2, 0.25) is 0 Å². The van der Waals surface area contributed by atoms with Crippen LogP contribution in [0.3, 0.4) is 0 Å². The van der Waals surface area contributed by atoms with Crippen LogP contribution < -0.4 is 5.32 Å². The Bertz CT molecular complexity index is 451. The molecule has 0 aromatic carbocycles. The van der Waals surface area contributed by atoms with E-state index in [4.69, 9.17) is 4.74 Å². The quantitative estimate of drug-likeness (QED) is 0.869. The molecule has 0 saturated heterocycles. The number of nitrogens with one attached hydrogen (secondary N) is 2. The van der Waals surface area contributed by atoms with Gasteiger partial charge in [-0.25, -0.2) is 9.78 Å². The molecule has 2 N–H and O–H groups in total. The Morgan fingerprint density at radius 1 is 1.29 bits per heavy atom. The zero-order chi connectivity index (χ0) is 16.2. The minimum absolute atomic E-state index is 0.176. The Balaban J connectivity index is 2.92. The number of rotatable bonds is 5. The van der Waals surface area contributed by atoms with Gasteiger partial charge in [0.2, 0.25) is 0 Å². The maximum absolute atomic E-state index is 12.0. The number of aromatic amines is 1. The largest absolute Gasteiger partial charge is 0.444 e. The van der Waals surface area contributed by atoms with Crippen LogP contribution in [0.25, 0.3) is 0 Å². The molecule has 0 bridgehead atoms. The first-order chi connectivity index (χ1) is 9.67. The van der Waals surface area contributed by atoms with Crippen molar-refractivity contribution in [2.45, 2.75) is 73.0 Å². The highest BCUT2D eigenvalue weighted by molar-refractivity contribution is 5.68. The number of hydrogen-bond donors (Lipinski definition) is 2. The molecular weight excluding hydrogens is 266 g/mol. The van der Waals surface area contributed by atoms with E-state index in [0.717, 1.165) is 30.1 Å². The maximum atomic E-state index is 12.0. The van der Waals surface area contributed by atoms with Gasteiger partial charge in [0.05, 0.1) is 11.7 Å². The number of imidazole rings is 1. The van der Waals surface area contributed by atoms with E-state index in [0.29, 0.717) is 0 Å². The number of carbonyl (C=O) groups is 1. The highest BCUT2D eigenvalue weighted by atomic mass is 16.6. The third-order valence-corrected chi connectivity index (χ3v) is 3.20. The van der Waals surface area contributed by atoms with E-state index < -0.39 is 11.7 Å². The van der Waals surface area contributed by atoms with Crippen molar-refractivity contribution in [1.82, 2.24) is 15.3 Å². The van der Waals surface area contributed by atoms with Gasteiger partial charge in [-0.05, 0) is 39.5 Å². The van der Waals surface area contributed by atoms with Crippen LogP contribution in [-0.2, 0) is 17.6 Å². The van der Waals surface area contributed by atoms with E-state index in [1.165, 1.54) is 0 Å². The SMILES string of the molecule is CCc1nc(C(NC(=O)OC(C)(C)C)C(C)C)[nH]c1CC. The average Bonchev–Trinajstić information content (AvgIpc) is 2.76. The van der Waals surface area contributed by atoms with Crippen LogP contribution in [-0.4, -0.2) is 21.7 Å². The molecule has 0 fully saturated rings. The number of aryl methyl sites for hydroxylation is 2. The molecule has 1 aromatic rings. The van der Waals surface area contributed by atoms with Gasteiger partial charge in [0, 0.05) is 5.69 Å². The van der Waals surface area contributed by atoms with Gasteiger partial charge in [-0.1, -0.05) is 27.7 Å². The molecule has 120 valence electrons. The summed E-state index contributed by atoms with van der Waals surface area (Å²) in [5.74, 6) is 1.03. The summed E-state index contributed by atoms with van der Waals surface area (Å²) in [6, 6.07) is -0.176. The van der Waals surface area contributed by atoms with Crippen molar-refractivity contribution in [2.24, 2.45) is 5.92 Å². The lowest BCUT2D eigenvalue weighted by molar-refractivity contribution is 0.0486. The number of H-pyrrole nitrogens is 1. The normalized spacial score (nSPS) is 13.3. The molecule has 1 heterocycles. The first-order valence-corrected chi connectivity index (χ1v) is 7.75. The van der Waals surface area contributed by atoms with Crippen molar-refractivity contribution < 1.29 is 9.53 Å².